The van der Waals surface area contributed by atoms with Crippen molar-refractivity contribution in [3.8, 4) is 0 Å². The maximum atomic E-state index is 5.03. The van der Waals surface area contributed by atoms with Crippen LogP contribution in [0.2, 0.25) is 0 Å². The molecule has 0 aliphatic rings. The Balaban J connectivity index is 3.69. The molecule has 0 spiro atoms. The zero-order chi connectivity index (χ0) is 13.3. The molecule has 17 heavy (non-hydrogen) atoms. The molecule has 0 bridgehead atoms. The van der Waals surface area contributed by atoms with Gasteiger partial charge in [0.2, 0.25) is 0 Å². The molecule has 0 aliphatic heterocycles. The fraction of sp³-hybridized carbons (Fsp3) is 1.00. The van der Waals surface area contributed by atoms with Crippen LogP contribution in [0.4, 0.5) is 0 Å². The summed E-state index contributed by atoms with van der Waals surface area (Å²) in [5.41, 5.74) is 0. The van der Waals surface area contributed by atoms with E-state index >= 15 is 0 Å². The summed E-state index contributed by atoms with van der Waals surface area (Å²) < 4.78 is 5.03. The molecule has 2 atom stereocenters. The molecule has 2 unspecified atom stereocenters. The fourth-order valence-electron chi connectivity index (χ4n) is 2.08. The van der Waals surface area contributed by atoms with Gasteiger partial charge in [-0.3, -0.25) is 4.90 Å². The molecule has 0 fully saturated rings. The third-order valence-corrected chi connectivity index (χ3v) is 3.34. The van der Waals surface area contributed by atoms with Crippen LogP contribution in [0.15, 0.2) is 0 Å². The summed E-state index contributed by atoms with van der Waals surface area (Å²) in [5.74, 6) is 0.773. The van der Waals surface area contributed by atoms with Gasteiger partial charge in [0.1, 0.15) is 0 Å². The van der Waals surface area contributed by atoms with Gasteiger partial charge in [-0.1, -0.05) is 13.8 Å². The maximum absolute atomic E-state index is 5.03. The highest BCUT2D eigenvalue weighted by Crippen LogP contribution is 2.11. The van der Waals surface area contributed by atoms with Gasteiger partial charge in [-0.05, 0) is 46.2 Å². The second-order valence-electron chi connectivity index (χ2n) is 5.54. The molecule has 1 N–H and O–H groups in total. The largest absolute Gasteiger partial charge is 0.385 e. The van der Waals surface area contributed by atoms with Crippen molar-refractivity contribution < 1.29 is 4.74 Å². The number of nitrogens with one attached hydrogen (secondary N) is 1. The number of hydrogen-bond donors (Lipinski definition) is 1. The minimum atomic E-state index is 0.589. The van der Waals surface area contributed by atoms with E-state index in [1.54, 1.807) is 7.11 Å². The maximum Gasteiger partial charge on any atom is 0.0474 e. The molecular formula is C14H32N2O. The molecule has 0 saturated heterocycles. The van der Waals surface area contributed by atoms with Crippen LogP contribution in [0.3, 0.4) is 0 Å². The minimum absolute atomic E-state index is 0.589. The van der Waals surface area contributed by atoms with Crippen molar-refractivity contribution in [1.82, 2.24) is 10.2 Å². The monoisotopic (exact) mass is 244 g/mol. The number of nitrogens with zero attached hydrogens (tertiary/aromatic N) is 1. The molecule has 3 heteroatoms. The van der Waals surface area contributed by atoms with Crippen molar-refractivity contribution in [2.45, 2.75) is 52.6 Å². The van der Waals surface area contributed by atoms with Gasteiger partial charge in [-0.2, -0.15) is 0 Å². The van der Waals surface area contributed by atoms with Crippen LogP contribution in [-0.2, 0) is 4.74 Å². The lowest BCUT2D eigenvalue weighted by molar-refractivity contribution is 0.168. The Morgan fingerprint density at radius 3 is 2.29 bits per heavy atom. The fourth-order valence-corrected chi connectivity index (χ4v) is 2.08. The van der Waals surface area contributed by atoms with Gasteiger partial charge >= 0.3 is 0 Å². The van der Waals surface area contributed by atoms with E-state index in [-0.39, 0.29) is 0 Å². The average Bonchev–Trinajstić information content (AvgIpc) is 2.26. The van der Waals surface area contributed by atoms with Crippen molar-refractivity contribution in [1.29, 1.82) is 0 Å². The lowest BCUT2D eigenvalue weighted by atomic mass is 10.0. The molecule has 0 amide bonds. The number of rotatable bonds is 10. The normalized spacial score (nSPS) is 15.5. The third-order valence-electron chi connectivity index (χ3n) is 3.34. The summed E-state index contributed by atoms with van der Waals surface area (Å²) in [7, 11) is 3.98. The topological polar surface area (TPSA) is 24.5 Å². The van der Waals surface area contributed by atoms with Crippen LogP contribution in [-0.4, -0.2) is 50.8 Å². The van der Waals surface area contributed by atoms with E-state index in [9.17, 15) is 0 Å². The minimum Gasteiger partial charge on any atom is -0.385 e. The predicted octanol–water partition coefficient (Wildman–Crippen LogP) is 2.37. The van der Waals surface area contributed by atoms with Crippen LogP contribution in [0.1, 0.15) is 40.5 Å². The Morgan fingerprint density at radius 2 is 1.76 bits per heavy atom. The van der Waals surface area contributed by atoms with E-state index in [1.165, 1.54) is 6.42 Å². The number of ether oxygens (including phenoxy) is 1. The first-order chi connectivity index (χ1) is 7.99. The van der Waals surface area contributed by atoms with E-state index < -0.39 is 0 Å². The molecule has 0 aromatic heterocycles. The van der Waals surface area contributed by atoms with Gasteiger partial charge in [0.25, 0.3) is 0 Å². The standard InChI is InChI=1S/C14H32N2O/c1-12(2)10-13(3)16(5)14(4)11-15-8-7-9-17-6/h12-15H,7-11H2,1-6H3. The first kappa shape index (κ1) is 16.9. The van der Waals surface area contributed by atoms with Crippen LogP contribution in [0, 0.1) is 5.92 Å². The van der Waals surface area contributed by atoms with E-state index in [1.807, 2.05) is 0 Å². The quantitative estimate of drug-likeness (QED) is 0.597. The van der Waals surface area contributed by atoms with E-state index in [0.717, 1.165) is 32.0 Å². The van der Waals surface area contributed by atoms with Crippen LogP contribution in [0.5, 0.6) is 0 Å². The Bertz CT molecular complexity index is 174. The van der Waals surface area contributed by atoms with Gasteiger partial charge in [-0.15, -0.1) is 0 Å². The molecule has 0 saturated carbocycles. The smallest absolute Gasteiger partial charge is 0.0474 e. The summed E-state index contributed by atoms with van der Waals surface area (Å²) in [4.78, 5) is 2.48. The molecule has 0 heterocycles. The first-order valence-electron chi connectivity index (χ1n) is 6.90. The number of methoxy groups -OCH3 is 1. The van der Waals surface area contributed by atoms with Crippen LogP contribution in [0.25, 0.3) is 0 Å². The molecular weight excluding hydrogens is 212 g/mol. The first-order valence-corrected chi connectivity index (χ1v) is 6.90. The zero-order valence-electron chi connectivity index (χ0n) is 12.6. The summed E-state index contributed by atoms with van der Waals surface area (Å²) >= 11 is 0. The lowest BCUT2D eigenvalue weighted by Gasteiger charge is -2.32. The molecule has 3 nitrogen and oxygen atoms in total. The average molecular weight is 244 g/mol. The summed E-state index contributed by atoms with van der Waals surface area (Å²) in [5, 5.41) is 3.49. The molecule has 104 valence electrons. The van der Waals surface area contributed by atoms with Crippen molar-refractivity contribution >= 4 is 0 Å². The van der Waals surface area contributed by atoms with E-state index in [2.05, 4.69) is 45.0 Å². The lowest BCUT2D eigenvalue weighted by Crippen LogP contribution is -2.43. The molecule has 0 radical (unpaired) electrons. The Kier molecular flexibility index (Phi) is 9.79. The zero-order valence-corrected chi connectivity index (χ0v) is 12.6. The highest BCUT2D eigenvalue weighted by atomic mass is 16.5. The Hall–Kier alpha value is -0.120. The highest BCUT2D eigenvalue weighted by molar-refractivity contribution is 4.73. The van der Waals surface area contributed by atoms with Crippen molar-refractivity contribution in [3.63, 3.8) is 0 Å². The van der Waals surface area contributed by atoms with Crippen molar-refractivity contribution in [3.05, 3.63) is 0 Å². The van der Waals surface area contributed by atoms with Crippen molar-refractivity contribution in [2.24, 2.45) is 5.92 Å². The SMILES string of the molecule is COCCCNCC(C)N(C)C(C)CC(C)C. The number of hydrogen-bond acceptors (Lipinski definition) is 3. The van der Waals surface area contributed by atoms with E-state index in [0.29, 0.717) is 12.1 Å². The summed E-state index contributed by atoms with van der Waals surface area (Å²) in [6.45, 7) is 12.1. The van der Waals surface area contributed by atoms with Gasteiger partial charge < -0.3 is 10.1 Å². The Labute approximate surface area is 108 Å². The van der Waals surface area contributed by atoms with Gasteiger partial charge in [0, 0.05) is 32.3 Å². The molecule has 0 aromatic rings. The van der Waals surface area contributed by atoms with Crippen LogP contribution >= 0.6 is 0 Å². The molecule has 0 rings (SSSR count). The summed E-state index contributed by atoms with van der Waals surface area (Å²) in [6, 6.07) is 1.25. The third kappa shape index (κ3) is 8.58. The highest BCUT2D eigenvalue weighted by Gasteiger charge is 2.16. The van der Waals surface area contributed by atoms with Gasteiger partial charge in [-0.25, -0.2) is 0 Å². The second-order valence-corrected chi connectivity index (χ2v) is 5.54. The summed E-state index contributed by atoms with van der Waals surface area (Å²) in [6.07, 6.45) is 2.36. The second kappa shape index (κ2) is 9.86. The number of likely N-dealkylation sites (N-methyl/N-ethyl adjacent to an activating group) is 1. The Morgan fingerprint density at radius 1 is 1.12 bits per heavy atom. The van der Waals surface area contributed by atoms with Crippen molar-refractivity contribution in [2.75, 3.05) is 33.9 Å². The van der Waals surface area contributed by atoms with Crippen LogP contribution < -0.4 is 5.32 Å². The van der Waals surface area contributed by atoms with E-state index in [4.69, 9.17) is 4.74 Å². The molecule has 0 aliphatic carbocycles. The predicted molar refractivity (Wildman–Crippen MR) is 75.5 cm³/mol. The van der Waals surface area contributed by atoms with Gasteiger partial charge in [0.05, 0.1) is 0 Å². The molecule has 0 aromatic carbocycles. The van der Waals surface area contributed by atoms with Gasteiger partial charge in [0.15, 0.2) is 0 Å².